The molecule has 0 amide bonds. The van der Waals surface area contributed by atoms with E-state index in [1.807, 2.05) is 24.3 Å². The molecule has 0 bridgehead atoms. The topological polar surface area (TPSA) is 24.3 Å². The van der Waals surface area contributed by atoms with Crippen LogP contribution in [0, 0.1) is 5.82 Å². The number of likely N-dealkylation sites (N-methyl/N-ethyl adjacent to an activating group) is 1. The van der Waals surface area contributed by atoms with Crippen LogP contribution in [0.15, 0.2) is 36.5 Å². The van der Waals surface area contributed by atoms with E-state index in [9.17, 15) is 0 Å². The van der Waals surface area contributed by atoms with E-state index in [2.05, 4.69) is 34.5 Å². The average molecular weight is 397 g/mol. The van der Waals surface area contributed by atoms with Crippen LogP contribution in [0.4, 0.5) is 10.1 Å². The number of fused-ring (bicyclic) bond motifs is 5. The van der Waals surface area contributed by atoms with Crippen LogP contribution >= 0.6 is 11.6 Å². The molecule has 0 N–H and O–H groups in total. The minimum atomic E-state index is -0.183. The van der Waals surface area contributed by atoms with Crippen molar-refractivity contribution in [1.29, 1.82) is 0 Å². The van der Waals surface area contributed by atoms with Gasteiger partial charge in [-0.15, -0.1) is 0 Å². The Balaban J connectivity index is 1.76. The molecule has 5 rings (SSSR count). The Hall–Kier alpha value is -2.37. The summed E-state index contributed by atoms with van der Waals surface area (Å²) in [6.45, 7) is 6.47. The maximum atomic E-state index is 15.2. The Morgan fingerprint density at radius 2 is 1.86 bits per heavy atom. The van der Waals surface area contributed by atoms with Crippen LogP contribution in [0.1, 0.15) is 6.92 Å². The molecule has 0 saturated carbocycles. The number of nitrogens with zero attached hydrogens (tertiary/aromatic N) is 4. The van der Waals surface area contributed by atoms with Gasteiger partial charge in [-0.2, -0.15) is 0 Å². The lowest BCUT2D eigenvalue weighted by molar-refractivity contribution is 0.312. The summed E-state index contributed by atoms with van der Waals surface area (Å²) in [5, 5.41) is 2.54. The molecule has 1 fully saturated rings. The van der Waals surface area contributed by atoms with Gasteiger partial charge in [0, 0.05) is 60.3 Å². The van der Waals surface area contributed by atoms with Crippen LogP contribution in [0.3, 0.4) is 0 Å². The zero-order chi connectivity index (χ0) is 19.4. The number of pyridine rings is 1. The van der Waals surface area contributed by atoms with Gasteiger partial charge in [-0.1, -0.05) is 11.6 Å². The lowest BCUT2D eigenvalue weighted by atomic mass is 10.0. The third-order valence-corrected chi connectivity index (χ3v) is 6.07. The fraction of sp³-hybridized carbons (Fsp3) is 0.318. The van der Waals surface area contributed by atoms with Crippen molar-refractivity contribution in [3.05, 3.63) is 47.4 Å². The largest absolute Gasteiger partial charge is 0.367 e. The van der Waals surface area contributed by atoms with E-state index in [0.29, 0.717) is 10.7 Å². The van der Waals surface area contributed by atoms with Crippen LogP contribution in [-0.2, 0) is 6.54 Å². The number of hydrogen-bond acceptors (Lipinski definition) is 3. The molecule has 3 heterocycles. The first-order chi connectivity index (χ1) is 13.5. The molecule has 144 valence electrons. The van der Waals surface area contributed by atoms with Gasteiger partial charge in [0.15, 0.2) is 0 Å². The van der Waals surface area contributed by atoms with Crippen molar-refractivity contribution in [2.45, 2.75) is 13.5 Å². The smallest absolute Gasteiger partial charge is 0.147 e. The molecule has 2 aromatic rings. The van der Waals surface area contributed by atoms with Gasteiger partial charge in [0.05, 0.1) is 22.4 Å². The van der Waals surface area contributed by atoms with Gasteiger partial charge in [0.2, 0.25) is 0 Å². The summed E-state index contributed by atoms with van der Waals surface area (Å²) in [5.41, 5.74) is 4.43. The monoisotopic (exact) mass is 396 g/mol. The highest BCUT2D eigenvalue weighted by atomic mass is 35.5. The van der Waals surface area contributed by atoms with Gasteiger partial charge in [-0.3, -0.25) is 0 Å². The number of halogens is 2. The molecule has 2 aromatic carbocycles. The SMILES string of the molecule is CCn1cc2c3cc(Cl)ccc3nc-2c2cc(F)c(N3CCN(C)CC3)cc21. The summed E-state index contributed by atoms with van der Waals surface area (Å²) in [4.78, 5) is 9.21. The van der Waals surface area contributed by atoms with Gasteiger partial charge in [0.25, 0.3) is 0 Å². The highest BCUT2D eigenvalue weighted by Gasteiger charge is 2.22. The van der Waals surface area contributed by atoms with E-state index in [1.54, 1.807) is 6.07 Å². The lowest BCUT2D eigenvalue weighted by Gasteiger charge is -2.34. The summed E-state index contributed by atoms with van der Waals surface area (Å²) < 4.78 is 17.4. The number of rotatable bonds is 2. The summed E-state index contributed by atoms with van der Waals surface area (Å²) in [6.07, 6.45) is 2.12. The molecule has 0 aromatic heterocycles. The quantitative estimate of drug-likeness (QED) is 0.483. The second-order valence-corrected chi connectivity index (χ2v) is 8.00. The minimum absolute atomic E-state index is 0.183. The maximum Gasteiger partial charge on any atom is 0.147 e. The third-order valence-electron chi connectivity index (χ3n) is 5.84. The summed E-state index contributed by atoms with van der Waals surface area (Å²) in [5.74, 6) is -0.183. The molecule has 6 heteroatoms. The third kappa shape index (κ3) is 2.73. The van der Waals surface area contributed by atoms with Gasteiger partial charge in [-0.25, -0.2) is 9.37 Å². The van der Waals surface area contributed by atoms with Crippen LogP contribution < -0.4 is 4.90 Å². The first-order valence-electron chi connectivity index (χ1n) is 9.70. The second-order valence-electron chi connectivity index (χ2n) is 7.56. The van der Waals surface area contributed by atoms with E-state index >= 15 is 4.39 Å². The first kappa shape index (κ1) is 17.7. The Bertz CT molecular complexity index is 1160. The van der Waals surface area contributed by atoms with E-state index in [4.69, 9.17) is 16.6 Å². The Labute approximate surface area is 168 Å². The lowest BCUT2D eigenvalue weighted by Crippen LogP contribution is -2.44. The van der Waals surface area contributed by atoms with Gasteiger partial charge in [0.1, 0.15) is 5.82 Å². The molecule has 3 aliphatic rings. The van der Waals surface area contributed by atoms with Crippen LogP contribution in [0.25, 0.3) is 33.1 Å². The molecule has 1 saturated heterocycles. The molecule has 0 aliphatic carbocycles. The maximum absolute atomic E-state index is 15.2. The average Bonchev–Trinajstić information content (AvgIpc) is 3.05. The molecule has 4 nitrogen and oxygen atoms in total. The highest BCUT2D eigenvalue weighted by molar-refractivity contribution is 6.31. The standard InChI is InChI=1S/C22H22ClFN4/c1-3-27-13-17-15-10-14(23)4-5-19(15)25-22(17)16-11-18(24)21(12-20(16)27)28-8-6-26(2)7-9-28/h4-5,10-13H,3,6-9H2,1-2H3. The van der Waals surface area contributed by atoms with Crippen molar-refractivity contribution in [2.24, 2.45) is 0 Å². The number of piperazine rings is 1. The van der Waals surface area contributed by atoms with Crippen molar-refractivity contribution < 1.29 is 4.39 Å². The normalized spacial score (nSPS) is 15.9. The number of benzene rings is 2. The molecule has 0 radical (unpaired) electrons. The van der Waals surface area contributed by atoms with E-state index in [0.717, 1.165) is 65.8 Å². The molecular weight excluding hydrogens is 375 g/mol. The molecule has 0 atom stereocenters. The predicted molar refractivity (Wildman–Crippen MR) is 114 cm³/mol. The van der Waals surface area contributed by atoms with Crippen molar-refractivity contribution >= 4 is 39.1 Å². The summed E-state index contributed by atoms with van der Waals surface area (Å²) >= 11 is 6.21. The van der Waals surface area contributed by atoms with E-state index in [1.165, 1.54) is 0 Å². The van der Waals surface area contributed by atoms with Crippen molar-refractivity contribution in [1.82, 2.24) is 14.5 Å². The van der Waals surface area contributed by atoms with E-state index in [-0.39, 0.29) is 5.82 Å². The molecular formula is C22H22ClFN4. The van der Waals surface area contributed by atoms with Gasteiger partial charge in [-0.05, 0) is 44.3 Å². The van der Waals surface area contributed by atoms with E-state index < -0.39 is 0 Å². The zero-order valence-corrected chi connectivity index (χ0v) is 16.8. The molecule has 28 heavy (non-hydrogen) atoms. The van der Waals surface area contributed by atoms with Gasteiger partial charge >= 0.3 is 0 Å². The number of hydrogen-bond donors (Lipinski definition) is 0. The highest BCUT2D eigenvalue weighted by Crippen LogP contribution is 2.39. The van der Waals surface area contributed by atoms with Crippen LogP contribution in [0.2, 0.25) is 5.02 Å². The fourth-order valence-corrected chi connectivity index (χ4v) is 4.39. The Morgan fingerprint density at radius 3 is 2.61 bits per heavy atom. The summed E-state index contributed by atoms with van der Waals surface area (Å²) in [6, 6.07) is 9.36. The molecule has 0 unspecified atom stereocenters. The van der Waals surface area contributed by atoms with Crippen molar-refractivity contribution in [3.8, 4) is 11.3 Å². The molecule has 3 aliphatic heterocycles. The van der Waals surface area contributed by atoms with Crippen molar-refractivity contribution in [3.63, 3.8) is 0 Å². The Morgan fingerprint density at radius 1 is 1.07 bits per heavy atom. The van der Waals surface area contributed by atoms with Gasteiger partial charge < -0.3 is 14.4 Å². The second kappa shape index (κ2) is 6.61. The van der Waals surface area contributed by atoms with Crippen molar-refractivity contribution in [2.75, 3.05) is 38.1 Å². The fourth-order valence-electron chi connectivity index (χ4n) is 4.22. The first-order valence-corrected chi connectivity index (χ1v) is 10.1. The van der Waals surface area contributed by atoms with Crippen LogP contribution in [0.5, 0.6) is 0 Å². The summed E-state index contributed by atoms with van der Waals surface area (Å²) in [7, 11) is 2.11. The minimum Gasteiger partial charge on any atom is -0.367 e. The predicted octanol–water partition coefficient (Wildman–Crippen LogP) is 4.86. The number of anilines is 1. The van der Waals surface area contributed by atoms with Crippen LogP contribution in [-0.4, -0.2) is 47.7 Å². The number of aryl methyl sites for hydroxylation is 1. The number of aromatic nitrogens is 2. The Kier molecular flexibility index (Phi) is 4.18. The molecule has 0 spiro atoms. The zero-order valence-electron chi connectivity index (χ0n) is 16.0.